The first-order valence-electron chi connectivity index (χ1n) is 10.2. The number of aromatic nitrogens is 4. The van der Waals surface area contributed by atoms with Gasteiger partial charge in [0.2, 0.25) is 0 Å². The molecule has 1 fully saturated rings. The fourth-order valence-corrected chi connectivity index (χ4v) is 3.76. The lowest BCUT2D eigenvalue weighted by Crippen LogP contribution is -2.36. The van der Waals surface area contributed by atoms with E-state index in [-0.39, 0.29) is 5.91 Å². The maximum Gasteiger partial charge on any atom is 0.276 e. The van der Waals surface area contributed by atoms with E-state index in [9.17, 15) is 4.79 Å². The number of benzene rings is 1. The second-order valence-corrected chi connectivity index (χ2v) is 7.57. The number of aryl methyl sites for hydroxylation is 1. The van der Waals surface area contributed by atoms with E-state index in [1.54, 1.807) is 12.4 Å². The van der Waals surface area contributed by atoms with E-state index in [0.717, 1.165) is 59.6 Å². The van der Waals surface area contributed by atoms with Crippen molar-refractivity contribution in [2.75, 3.05) is 36.5 Å². The highest BCUT2D eigenvalue weighted by molar-refractivity contribution is 6.11. The Bertz CT molecular complexity index is 1250. The van der Waals surface area contributed by atoms with E-state index in [4.69, 9.17) is 4.74 Å². The van der Waals surface area contributed by atoms with E-state index in [0.29, 0.717) is 11.4 Å². The molecular formula is C23H22N6O2. The number of morpholine rings is 1. The Kier molecular flexibility index (Phi) is 5.05. The summed E-state index contributed by atoms with van der Waals surface area (Å²) in [5, 5.41) is 10.8. The van der Waals surface area contributed by atoms with Gasteiger partial charge in [0.1, 0.15) is 0 Å². The Hall–Kier alpha value is -3.78. The van der Waals surface area contributed by atoms with Crippen molar-refractivity contribution in [1.29, 1.82) is 0 Å². The Morgan fingerprint density at radius 2 is 1.87 bits per heavy atom. The predicted octanol–water partition coefficient (Wildman–Crippen LogP) is 3.42. The van der Waals surface area contributed by atoms with Crippen LogP contribution in [0.15, 0.2) is 55.1 Å². The average molecular weight is 414 g/mol. The van der Waals surface area contributed by atoms with Gasteiger partial charge in [-0.2, -0.15) is 5.10 Å². The molecule has 0 spiro atoms. The van der Waals surface area contributed by atoms with Gasteiger partial charge in [-0.05, 0) is 42.3 Å². The largest absolute Gasteiger partial charge is 0.378 e. The van der Waals surface area contributed by atoms with Gasteiger partial charge in [-0.1, -0.05) is 6.07 Å². The molecule has 0 atom stereocenters. The first-order chi connectivity index (χ1) is 15.2. The summed E-state index contributed by atoms with van der Waals surface area (Å²) < 4.78 is 5.45. The number of rotatable bonds is 4. The fourth-order valence-electron chi connectivity index (χ4n) is 3.76. The third kappa shape index (κ3) is 3.97. The van der Waals surface area contributed by atoms with Gasteiger partial charge in [-0.15, -0.1) is 0 Å². The highest BCUT2D eigenvalue weighted by atomic mass is 16.5. The minimum atomic E-state index is -0.281. The lowest BCUT2D eigenvalue weighted by atomic mass is 10.0. The van der Waals surface area contributed by atoms with Crippen LogP contribution in [0.1, 0.15) is 16.1 Å². The topological polar surface area (TPSA) is 96.0 Å². The highest BCUT2D eigenvalue weighted by Gasteiger charge is 2.17. The van der Waals surface area contributed by atoms with Crippen molar-refractivity contribution in [3.63, 3.8) is 0 Å². The molecule has 3 aromatic heterocycles. The number of amides is 1. The minimum Gasteiger partial charge on any atom is -0.378 e. The molecule has 8 heteroatoms. The van der Waals surface area contributed by atoms with Gasteiger partial charge in [0.25, 0.3) is 5.91 Å². The number of pyridine rings is 2. The zero-order valence-electron chi connectivity index (χ0n) is 17.1. The van der Waals surface area contributed by atoms with E-state index in [1.807, 2.05) is 43.6 Å². The summed E-state index contributed by atoms with van der Waals surface area (Å²) in [6.45, 7) is 5.08. The Morgan fingerprint density at radius 1 is 1.03 bits per heavy atom. The molecule has 0 radical (unpaired) electrons. The van der Waals surface area contributed by atoms with Crippen LogP contribution in [0, 0.1) is 6.92 Å². The van der Waals surface area contributed by atoms with Gasteiger partial charge < -0.3 is 15.0 Å². The van der Waals surface area contributed by atoms with Crippen LogP contribution in [0.4, 0.5) is 11.4 Å². The molecule has 0 bridgehead atoms. The molecule has 1 saturated heterocycles. The zero-order valence-corrected chi connectivity index (χ0v) is 17.1. The second-order valence-electron chi connectivity index (χ2n) is 7.57. The van der Waals surface area contributed by atoms with Crippen molar-refractivity contribution in [3.05, 3.63) is 66.4 Å². The Labute approximate surface area is 179 Å². The molecule has 4 aromatic rings. The van der Waals surface area contributed by atoms with Crippen LogP contribution in [-0.2, 0) is 4.74 Å². The Morgan fingerprint density at radius 3 is 2.71 bits per heavy atom. The highest BCUT2D eigenvalue weighted by Crippen LogP contribution is 2.28. The zero-order chi connectivity index (χ0) is 21.2. The van der Waals surface area contributed by atoms with Gasteiger partial charge in [-0.25, -0.2) is 0 Å². The van der Waals surface area contributed by atoms with E-state index in [1.165, 1.54) is 0 Å². The van der Waals surface area contributed by atoms with Crippen molar-refractivity contribution in [3.8, 4) is 11.1 Å². The fraction of sp³-hybridized carbons (Fsp3) is 0.217. The summed E-state index contributed by atoms with van der Waals surface area (Å²) in [5.74, 6) is -0.281. The van der Waals surface area contributed by atoms with Crippen LogP contribution < -0.4 is 10.2 Å². The number of nitrogens with zero attached hydrogens (tertiary/aromatic N) is 4. The van der Waals surface area contributed by atoms with Crippen LogP contribution >= 0.6 is 0 Å². The lowest BCUT2D eigenvalue weighted by Gasteiger charge is -2.28. The molecule has 5 rings (SSSR count). The van der Waals surface area contributed by atoms with Crippen molar-refractivity contribution in [2.45, 2.75) is 6.92 Å². The number of H-pyrrole nitrogens is 1. The summed E-state index contributed by atoms with van der Waals surface area (Å²) in [4.78, 5) is 23.7. The number of fused-ring (bicyclic) bond motifs is 1. The van der Waals surface area contributed by atoms with Gasteiger partial charge in [0.15, 0.2) is 5.69 Å². The summed E-state index contributed by atoms with van der Waals surface area (Å²) in [7, 11) is 0. The summed E-state index contributed by atoms with van der Waals surface area (Å²) in [6, 6.07) is 9.91. The van der Waals surface area contributed by atoms with Crippen molar-refractivity contribution in [2.24, 2.45) is 0 Å². The SMILES string of the molecule is Cc1cncc(NC(=O)c2n[nH]c3ccc(-c4cncc(N5CCOCC5)c4)cc23)c1. The van der Waals surface area contributed by atoms with Gasteiger partial charge in [0, 0.05) is 36.4 Å². The van der Waals surface area contributed by atoms with Crippen LogP contribution in [0.25, 0.3) is 22.0 Å². The molecule has 0 unspecified atom stereocenters. The maximum absolute atomic E-state index is 12.9. The molecule has 1 aromatic carbocycles. The number of hydrogen-bond acceptors (Lipinski definition) is 6. The molecule has 4 heterocycles. The number of carbonyl (C=O) groups is 1. The number of hydrogen-bond donors (Lipinski definition) is 2. The second kappa shape index (κ2) is 8.16. The van der Waals surface area contributed by atoms with Crippen molar-refractivity contribution in [1.82, 2.24) is 20.2 Å². The average Bonchev–Trinajstić information content (AvgIpc) is 3.23. The molecule has 0 saturated carbocycles. The van der Waals surface area contributed by atoms with E-state index >= 15 is 0 Å². The Balaban J connectivity index is 1.46. The lowest BCUT2D eigenvalue weighted by molar-refractivity contribution is 0.102. The third-order valence-corrected chi connectivity index (χ3v) is 5.34. The molecule has 8 nitrogen and oxygen atoms in total. The number of anilines is 2. The van der Waals surface area contributed by atoms with Gasteiger partial charge in [-0.3, -0.25) is 19.9 Å². The molecule has 156 valence electrons. The molecule has 2 N–H and O–H groups in total. The molecule has 31 heavy (non-hydrogen) atoms. The van der Waals surface area contributed by atoms with Crippen LogP contribution in [-0.4, -0.2) is 52.4 Å². The molecule has 1 aliphatic heterocycles. The predicted molar refractivity (Wildman–Crippen MR) is 119 cm³/mol. The van der Waals surface area contributed by atoms with Gasteiger partial charge >= 0.3 is 0 Å². The van der Waals surface area contributed by atoms with Crippen molar-refractivity contribution >= 4 is 28.2 Å². The minimum absolute atomic E-state index is 0.281. The quantitative estimate of drug-likeness (QED) is 0.531. The van der Waals surface area contributed by atoms with E-state index in [2.05, 4.69) is 36.4 Å². The van der Waals surface area contributed by atoms with Crippen LogP contribution in [0.5, 0.6) is 0 Å². The number of nitrogens with one attached hydrogen (secondary N) is 2. The standard InChI is InChI=1S/C23H22N6O2/c1-15-8-18(13-24-11-15)26-23(30)22-20-10-16(2-3-21(20)27-28-22)17-9-19(14-25-12-17)29-4-6-31-7-5-29/h2-3,8-14H,4-7H2,1H3,(H,26,30)(H,27,28). The summed E-state index contributed by atoms with van der Waals surface area (Å²) >= 11 is 0. The first kappa shape index (κ1) is 19.2. The summed E-state index contributed by atoms with van der Waals surface area (Å²) in [6.07, 6.45) is 7.07. The van der Waals surface area contributed by atoms with Crippen LogP contribution in [0.3, 0.4) is 0 Å². The number of carbonyl (C=O) groups excluding carboxylic acids is 1. The van der Waals surface area contributed by atoms with Crippen LogP contribution in [0.2, 0.25) is 0 Å². The molecule has 0 aliphatic carbocycles. The smallest absolute Gasteiger partial charge is 0.276 e. The van der Waals surface area contributed by atoms with Crippen molar-refractivity contribution < 1.29 is 9.53 Å². The van der Waals surface area contributed by atoms with E-state index < -0.39 is 0 Å². The molecule has 1 amide bonds. The first-order valence-corrected chi connectivity index (χ1v) is 10.2. The monoisotopic (exact) mass is 414 g/mol. The molecule has 1 aliphatic rings. The summed E-state index contributed by atoms with van der Waals surface area (Å²) in [5.41, 5.74) is 5.78. The normalized spacial score (nSPS) is 14.0. The maximum atomic E-state index is 12.9. The number of ether oxygens (including phenoxy) is 1. The molecular weight excluding hydrogens is 392 g/mol. The van der Waals surface area contributed by atoms with Gasteiger partial charge in [0.05, 0.1) is 42.5 Å². The third-order valence-electron chi connectivity index (χ3n) is 5.34. The number of aromatic amines is 1.